The van der Waals surface area contributed by atoms with Crippen molar-refractivity contribution in [1.29, 1.82) is 0 Å². The minimum absolute atomic E-state index is 0.508. The SMILES string of the molecule is c1ccc([Si](c2ccccc2)(c2ccccc2)c2ccc3c(c2)C2(c4ccccc4-c4ccccc42)c2ccccc2C32c3ccccc3-c3ccccc32)cc1. The molecule has 0 fully saturated rings. The second-order valence-electron chi connectivity index (χ2n) is 15.8. The Morgan fingerprint density at radius 1 is 0.211 bits per heavy atom. The summed E-state index contributed by atoms with van der Waals surface area (Å²) in [7, 11) is -2.90. The zero-order valence-electron chi connectivity index (χ0n) is 31.4. The van der Waals surface area contributed by atoms with E-state index in [9.17, 15) is 0 Å². The molecule has 0 nitrogen and oxygen atoms in total. The fraction of sp³-hybridized carbons (Fsp3) is 0.0357. The molecule has 0 aromatic heterocycles. The van der Waals surface area contributed by atoms with Crippen molar-refractivity contribution >= 4 is 28.8 Å². The topological polar surface area (TPSA) is 0 Å². The monoisotopic (exact) mass is 738 g/mol. The van der Waals surface area contributed by atoms with Gasteiger partial charge >= 0.3 is 0 Å². The van der Waals surface area contributed by atoms with Gasteiger partial charge in [0.05, 0.1) is 10.8 Å². The molecule has 12 rings (SSSR count). The predicted molar refractivity (Wildman–Crippen MR) is 238 cm³/mol. The summed E-state index contributed by atoms with van der Waals surface area (Å²) in [6.45, 7) is 0. The predicted octanol–water partition coefficient (Wildman–Crippen LogP) is 10.1. The molecular weight excluding hydrogens is 701 g/mol. The zero-order valence-corrected chi connectivity index (χ0v) is 32.4. The van der Waals surface area contributed by atoms with Crippen LogP contribution in [0.2, 0.25) is 0 Å². The summed E-state index contributed by atoms with van der Waals surface area (Å²) in [5, 5.41) is 5.53. The third kappa shape index (κ3) is 4.02. The Hall–Kier alpha value is -6.80. The molecule has 0 N–H and O–H groups in total. The highest BCUT2D eigenvalue weighted by Crippen LogP contribution is 2.67. The van der Waals surface area contributed by atoms with Gasteiger partial charge in [-0.1, -0.05) is 231 Å². The maximum Gasteiger partial charge on any atom is 0.179 e. The van der Waals surface area contributed by atoms with Gasteiger partial charge in [0.2, 0.25) is 0 Å². The Bertz CT molecular complexity index is 2830. The highest BCUT2D eigenvalue weighted by molar-refractivity contribution is 7.19. The summed E-state index contributed by atoms with van der Waals surface area (Å²) in [6.07, 6.45) is 0. The van der Waals surface area contributed by atoms with Crippen LogP contribution >= 0.6 is 0 Å². The number of hydrogen-bond donors (Lipinski definition) is 0. The fourth-order valence-corrected chi connectivity index (χ4v) is 16.3. The quantitative estimate of drug-likeness (QED) is 0.125. The Morgan fingerprint density at radius 2 is 0.491 bits per heavy atom. The maximum atomic E-state index is 2.69. The third-order valence-corrected chi connectivity index (χ3v) is 18.3. The van der Waals surface area contributed by atoms with E-state index in [1.807, 2.05) is 0 Å². The number of fused-ring (bicyclic) bond motifs is 16. The lowest BCUT2D eigenvalue weighted by Gasteiger charge is -2.49. The molecule has 3 aliphatic rings. The smallest absolute Gasteiger partial charge is 0.0623 e. The first-order valence-corrected chi connectivity index (χ1v) is 22.1. The summed E-state index contributed by atoms with van der Waals surface area (Å²) in [4.78, 5) is 0. The standard InChI is InChI=1S/C56H38Si/c1-4-20-39(21-5-1)57(40-22-6-2-7-23-40,41-24-8-3-9-25-41)42-36-37-53-54(38-42)56(49-32-16-12-28-45(49)46-29-13-17-33-50(46)56)52-35-19-18-34-51(52)55(53)47-30-14-10-26-43(47)44-27-11-15-31-48(44)55/h1-38H. The van der Waals surface area contributed by atoms with Gasteiger partial charge < -0.3 is 0 Å². The first-order chi connectivity index (χ1) is 28.3. The van der Waals surface area contributed by atoms with Gasteiger partial charge in [0.15, 0.2) is 8.07 Å². The molecule has 9 aromatic rings. The summed E-state index contributed by atoms with van der Waals surface area (Å²) < 4.78 is 0. The molecule has 0 radical (unpaired) electrons. The van der Waals surface area contributed by atoms with Crippen LogP contribution < -0.4 is 20.7 Å². The first kappa shape index (κ1) is 32.4. The second kappa shape index (κ2) is 12.1. The molecule has 0 bridgehead atoms. The van der Waals surface area contributed by atoms with Gasteiger partial charge in [-0.25, -0.2) is 0 Å². The molecule has 0 atom stereocenters. The first-order valence-electron chi connectivity index (χ1n) is 20.1. The molecule has 0 saturated carbocycles. The summed E-state index contributed by atoms with van der Waals surface area (Å²) in [6, 6.07) is 88.1. The van der Waals surface area contributed by atoms with Crippen molar-refractivity contribution in [1.82, 2.24) is 0 Å². The number of rotatable bonds is 4. The van der Waals surface area contributed by atoms with Crippen LogP contribution in [0.3, 0.4) is 0 Å². The lowest BCUT2D eigenvalue weighted by Crippen LogP contribution is -2.75. The fourth-order valence-electron chi connectivity index (χ4n) is 11.5. The third-order valence-electron chi connectivity index (χ3n) is 13.5. The van der Waals surface area contributed by atoms with Gasteiger partial charge in [-0.05, 0) is 87.5 Å². The van der Waals surface area contributed by atoms with E-state index in [2.05, 4.69) is 231 Å². The molecule has 0 saturated heterocycles. The van der Waals surface area contributed by atoms with E-state index in [-0.39, 0.29) is 0 Å². The molecule has 57 heavy (non-hydrogen) atoms. The van der Waals surface area contributed by atoms with E-state index in [1.165, 1.54) is 87.5 Å². The van der Waals surface area contributed by atoms with Crippen molar-refractivity contribution in [3.63, 3.8) is 0 Å². The molecule has 2 spiro atoms. The molecule has 0 amide bonds. The summed E-state index contributed by atoms with van der Waals surface area (Å²) >= 11 is 0. The van der Waals surface area contributed by atoms with Crippen LogP contribution in [0.15, 0.2) is 231 Å². The van der Waals surface area contributed by atoms with Crippen molar-refractivity contribution in [2.45, 2.75) is 10.8 Å². The highest BCUT2D eigenvalue weighted by Gasteiger charge is 2.59. The average Bonchev–Trinajstić information content (AvgIpc) is 3.76. The second-order valence-corrected chi connectivity index (χ2v) is 19.6. The van der Waals surface area contributed by atoms with E-state index < -0.39 is 18.9 Å². The minimum atomic E-state index is -2.90. The lowest BCUT2D eigenvalue weighted by atomic mass is 9.52. The van der Waals surface area contributed by atoms with Crippen LogP contribution in [0, 0.1) is 0 Å². The van der Waals surface area contributed by atoms with E-state index >= 15 is 0 Å². The Balaban J connectivity index is 1.31. The van der Waals surface area contributed by atoms with Gasteiger partial charge in [-0.2, -0.15) is 0 Å². The van der Waals surface area contributed by atoms with Crippen LogP contribution in [0.1, 0.15) is 44.5 Å². The van der Waals surface area contributed by atoms with E-state index in [4.69, 9.17) is 0 Å². The van der Waals surface area contributed by atoms with Crippen molar-refractivity contribution in [2.24, 2.45) is 0 Å². The molecule has 266 valence electrons. The zero-order chi connectivity index (χ0) is 37.6. The highest BCUT2D eigenvalue weighted by atomic mass is 28.3. The van der Waals surface area contributed by atoms with Gasteiger partial charge in [0.25, 0.3) is 0 Å². The van der Waals surface area contributed by atoms with Gasteiger partial charge in [-0.3, -0.25) is 0 Å². The number of hydrogen-bond acceptors (Lipinski definition) is 0. The van der Waals surface area contributed by atoms with Crippen molar-refractivity contribution in [2.75, 3.05) is 0 Å². The van der Waals surface area contributed by atoms with Crippen LogP contribution in [0.25, 0.3) is 22.3 Å². The molecule has 9 aromatic carbocycles. The molecule has 3 aliphatic carbocycles. The summed E-state index contributed by atoms with van der Waals surface area (Å²) in [5.74, 6) is 0. The van der Waals surface area contributed by atoms with Crippen LogP contribution in [-0.2, 0) is 10.8 Å². The molecule has 0 aliphatic heterocycles. The van der Waals surface area contributed by atoms with Crippen molar-refractivity contribution in [3.8, 4) is 22.3 Å². The van der Waals surface area contributed by atoms with Gasteiger partial charge in [0.1, 0.15) is 0 Å². The van der Waals surface area contributed by atoms with Crippen molar-refractivity contribution in [3.05, 3.63) is 275 Å². The Labute approximate surface area is 335 Å². The average molecular weight is 739 g/mol. The van der Waals surface area contributed by atoms with Crippen LogP contribution in [0.5, 0.6) is 0 Å². The molecule has 0 heterocycles. The molecule has 1 heteroatoms. The molecular formula is C56H38Si. The number of benzene rings is 9. The van der Waals surface area contributed by atoms with Crippen molar-refractivity contribution < 1.29 is 0 Å². The van der Waals surface area contributed by atoms with Crippen LogP contribution in [-0.4, -0.2) is 8.07 Å². The largest absolute Gasteiger partial charge is 0.179 e. The summed E-state index contributed by atoms with van der Waals surface area (Å²) in [5.41, 5.74) is 15.1. The normalized spacial score (nSPS) is 14.6. The Morgan fingerprint density at radius 3 is 0.860 bits per heavy atom. The Kier molecular flexibility index (Phi) is 6.88. The lowest BCUT2D eigenvalue weighted by molar-refractivity contribution is 0.633. The van der Waals surface area contributed by atoms with Crippen LogP contribution in [0.4, 0.5) is 0 Å². The van der Waals surface area contributed by atoms with E-state index in [0.29, 0.717) is 0 Å². The molecule has 0 unspecified atom stereocenters. The minimum Gasteiger partial charge on any atom is -0.0623 e. The van der Waals surface area contributed by atoms with Gasteiger partial charge in [0, 0.05) is 0 Å². The maximum absolute atomic E-state index is 2.90. The van der Waals surface area contributed by atoms with Gasteiger partial charge in [-0.15, -0.1) is 0 Å². The van der Waals surface area contributed by atoms with E-state index in [0.717, 1.165) is 0 Å². The van der Waals surface area contributed by atoms with E-state index in [1.54, 1.807) is 0 Å².